The summed E-state index contributed by atoms with van der Waals surface area (Å²) in [5.41, 5.74) is 0.0666. The average molecular weight is 416 g/mol. The zero-order chi connectivity index (χ0) is 20.3. The summed E-state index contributed by atoms with van der Waals surface area (Å²) < 4.78 is 1.76. The minimum atomic E-state index is 0.0666. The van der Waals surface area contributed by atoms with Gasteiger partial charge in [0.15, 0.2) is 5.96 Å². The Labute approximate surface area is 177 Å². The van der Waals surface area contributed by atoms with E-state index in [-0.39, 0.29) is 5.56 Å². The predicted molar refractivity (Wildman–Crippen MR) is 122 cm³/mol. The average Bonchev–Trinajstić information content (AvgIpc) is 3.44. The van der Waals surface area contributed by atoms with E-state index < -0.39 is 0 Å². The van der Waals surface area contributed by atoms with Crippen LogP contribution < -0.4 is 16.2 Å². The topological polar surface area (TPSA) is 61.7 Å². The Bertz CT molecular complexity index is 796. The zero-order valence-corrected chi connectivity index (χ0v) is 18.2. The molecule has 6 nitrogen and oxygen atoms in total. The van der Waals surface area contributed by atoms with E-state index in [9.17, 15) is 4.79 Å². The molecule has 2 aromatic rings. The molecule has 1 atom stereocenters. The minimum absolute atomic E-state index is 0.0666. The largest absolute Gasteiger partial charge is 0.357 e. The summed E-state index contributed by atoms with van der Waals surface area (Å²) in [4.78, 5) is 20.6. The molecular formula is C22H33N5OS. The van der Waals surface area contributed by atoms with Gasteiger partial charge in [0, 0.05) is 36.8 Å². The number of aliphatic imine (C=N–C) groups is 1. The first kappa shape index (κ1) is 21.6. The van der Waals surface area contributed by atoms with Gasteiger partial charge < -0.3 is 15.2 Å². The SMILES string of the molecule is CCNC(=NCC(c1cccs1)N1CCCC1)NCCCCn1ccccc1=O. The molecule has 0 bridgehead atoms. The van der Waals surface area contributed by atoms with E-state index >= 15 is 0 Å². The van der Waals surface area contributed by atoms with Gasteiger partial charge in [-0.3, -0.25) is 14.7 Å². The predicted octanol–water partition coefficient (Wildman–Crippen LogP) is 3.08. The van der Waals surface area contributed by atoms with Crippen LogP contribution in [0.3, 0.4) is 0 Å². The van der Waals surface area contributed by atoms with Crippen LogP contribution in [-0.2, 0) is 6.54 Å². The maximum atomic E-state index is 11.7. The van der Waals surface area contributed by atoms with Gasteiger partial charge >= 0.3 is 0 Å². The fourth-order valence-electron chi connectivity index (χ4n) is 3.70. The van der Waals surface area contributed by atoms with Crippen molar-refractivity contribution >= 4 is 17.3 Å². The first-order chi connectivity index (χ1) is 14.3. The number of nitrogens with one attached hydrogen (secondary N) is 2. The Morgan fingerprint density at radius 1 is 1.17 bits per heavy atom. The molecule has 1 unspecified atom stereocenters. The molecule has 0 spiro atoms. The Kier molecular flexibility index (Phi) is 8.77. The molecule has 7 heteroatoms. The maximum Gasteiger partial charge on any atom is 0.250 e. The second-order valence-electron chi connectivity index (χ2n) is 7.36. The Hall–Kier alpha value is -2.12. The molecule has 0 radical (unpaired) electrons. The minimum Gasteiger partial charge on any atom is -0.357 e. The molecule has 158 valence electrons. The van der Waals surface area contributed by atoms with Gasteiger partial charge in [0.25, 0.3) is 0 Å². The number of nitrogens with zero attached hydrogens (tertiary/aromatic N) is 3. The molecule has 0 aliphatic carbocycles. The van der Waals surface area contributed by atoms with Gasteiger partial charge in [0.2, 0.25) is 5.56 Å². The van der Waals surface area contributed by atoms with Gasteiger partial charge in [-0.15, -0.1) is 11.3 Å². The van der Waals surface area contributed by atoms with E-state index in [2.05, 4.69) is 40.0 Å². The van der Waals surface area contributed by atoms with E-state index in [0.29, 0.717) is 6.04 Å². The molecule has 2 aromatic heterocycles. The number of thiophene rings is 1. The van der Waals surface area contributed by atoms with Crippen molar-refractivity contribution in [3.63, 3.8) is 0 Å². The van der Waals surface area contributed by atoms with Crippen LogP contribution >= 0.6 is 11.3 Å². The Morgan fingerprint density at radius 3 is 2.76 bits per heavy atom. The summed E-state index contributed by atoms with van der Waals surface area (Å²) in [7, 11) is 0. The van der Waals surface area contributed by atoms with E-state index in [4.69, 9.17) is 4.99 Å². The van der Waals surface area contributed by atoms with Crippen LogP contribution in [-0.4, -0.2) is 48.2 Å². The molecule has 0 saturated carbocycles. The van der Waals surface area contributed by atoms with Crippen molar-refractivity contribution in [1.82, 2.24) is 20.1 Å². The Morgan fingerprint density at radius 2 is 2.03 bits per heavy atom. The highest BCUT2D eigenvalue weighted by atomic mass is 32.1. The lowest BCUT2D eigenvalue weighted by atomic mass is 10.2. The second kappa shape index (κ2) is 11.8. The van der Waals surface area contributed by atoms with Crippen molar-refractivity contribution in [2.75, 3.05) is 32.7 Å². The van der Waals surface area contributed by atoms with Crippen molar-refractivity contribution in [2.24, 2.45) is 4.99 Å². The van der Waals surface area contributed by atoms with Crippen molar-refractivity contribution in [1.29, 1.82) is 0 Å². The van der Waals surface area contributed by atoms with E-state index in [1.54, 1.807) is 16.7 Å². The number of hydrogen-bond donors (Lipinski definition) is 2. The van der Waals surface area contributed by atoms with Gasteiger partial charge in [-0.1, -0.05) is 12.1 Å². The summed E-state index contributed by atoms with van der Waals surface area (Å²) in [6, 6.07) is 10.0. The quantitative estimate of drug-likeness (QED) is 0.356. The molecule has 1 aliphatic rings. The lowest BCUT2D eigenvalue weighted by Crippen LogP contribution is -2.39. The number of guanidine groups is 1. The number of pyridine rings is 1. The number of rotatable bonds is 10. The monoisotopic (exact) mass is 415 g/mol. The lowest BCUT2D eigenvalue weighted by molar-refractivity contribution is 0.255. The molecule has 3 rings (SSSR count). The van der Waals surface area contributed by atoms with E-state index in [0.717, 1.165) is 45.0 Å². The molecule has 0 amide bonds. The van der Waals surface area contributed by atoms with Crippen LogP contribution in [0.4, 0.5) is 0 Å². The van der Waals surface area contributed by atoms with Crippen LogP contribution in [0.15, 0.2) is 51.7 Å². The van der Waals surface area contributed by atoms with Crippen LogP contribution in [0, 0.1) is 0 Å². The Balaban J connectivity index is 1.49. The third kappa shape index (κ3) is 6.72. The van der Waals surface area contributed by atoms with Crippen LogP contribution in [0.5, 0.6) is 0 Å². The smallest absolute Gasteiger partial charge is 0.250 e. The van der Waals surface area contributed by atoms with Gasteiger partial charge in [-0.25, -0.2) is 0 Å². The molecule has 29 heavy (non-hydrogen) atoms. The van der Waals surface area contributed by atoms with E-state index in [1.165, 1.54) is 30.8 Å². The molecule has 0 aromatic carbocycles. The molecule has 2 N–H and O–H groups in total. The van der Waals surface area contributed by atoms with Crippen LogP contribution in [0.25, 0.3) is 0 Å². The van der Waals surface area contributed by atoms with Crippen LogP contribution in [0.2, 0.25) is 0 Å². The van der Waals surface area contributed by atoms with Crippen molar-refractivity contribution in [3.05, 3.63) is 57.1 Å². The molecule has 1 fully saturated rings. The molecule has 1 aliphatic heterocycles. The standard InChI is InChI=1S/C22H33N5OS/c1-2-23-22(24-12-4-6-16-27-15-5-3-11-21(27)28)25-18-19(20-10-9-17-29-20)26-13-7-8-14-26/h3,5,9-11,15,17,19H,2,4,6-8,12-14,16,18H2,1H3,(H2,23,24,25). The fraction of sp³-hybridized carbons (Fsp3) is 0.545. The van der Waals surface area contributed by atoms with Crippen molar-refractivity contribution in [3.8, 4) is 0 Å². The number of hydrogen-bond acceptors (Lipinski definition) is 4. The normalized spacial score (nSPS) is 16.1. The summed E-state index contributed by atoms with van der Waals surface area (Å²) in [5, 5.41) is 8.97. The number of aromatic nitrogens is 1. The first-order valence-electron chi connectivity index (χ1n) is 10.7. The van der Waals surface area contributed by atoms with Crippen molar-refractivity contribution in [2.45, 2.75) is 45.2 Å². The lowest BCUT2D eigenvalue weighted by Gasteiger charge is -2.25. The molecule has 3 heterocycles. The van der Waals surface area contributed by atoms with Gasteiger partial charge in [-0.2, -0.15) is 0 Å². The highest BCUT2D eigenvalue weighted by Gasteiger charge is 2.24. The van der Waals surface area contributed by atoms with Gasteiger partial charge in [0.1, 0.15) is 0 Å². The van der Waals surface area contributed by atoms with E-state index in [1.807, 2.05) is 23.6 Å². The highest BCUT2D eigenvalue weighted by molar-refractivity contribution is 7.10. The third-order valence-electron chi connectivity index (χ3n) is 5.24. The molecular weight excluding hydrogens is 382 g/mol. The van der Waals surface area contributed by atoms with Gasteiger partial charge in [-0.05, 0) is 63.2 Å². The van der Waals surface area contributed by atoms with Crippen LogP contribution in [0.1, 0.15) is 43.5 Å². The first-order valence-corrected chi connectivity index (χ1v) is 11.6. The zero-order valence-electron chi connectivity index (χ0n) is 17.3. The second-order valence-corrected chi connectivity index (χ2v) is 8.34. The molecule has 1 saturated heterocycles. The number of likely N-dealkylation sites (tertiary alicyclic amines) is 1. The maximum absolute atomic E-state index is 11.7. The number of unbranched alkanes of at least 4 members (excludes halogenated alkanes) is 1. The summed E-state index contributed by atoms with van der Waals surface area (Å²) in [6.07, 6.45) is 6.38. The van der Waals surface area contributed by atoms with Crippen molar-refractivity contribution < 1.29 is 0 Å². The third-order valence-corrected chi connectivity index (χ3v) is 6.21. The summed E-state index contributed by atoms with van der Waals surface area (Å²) in [5.74, 6) is 0.880. The fourth-order valence-corrected chi connectivity index (χ4v) is 4.55. The summed E-state index contributed by atoms with van der Waals surface area (Å²) >= 11 is 1.83. The van der Waals surface area contributed by atoms with Gasteiger partial charge in [0.05, 0.1) is 12.6 Å². The number of aryl methyl sites for hydroxylation is 1. The highest BCUT2D eigenvalue weighted by Crippen LogP contribution is 2.28. The summed E-state index contributed by atoms with van der Waals surface area (Å²) in [6.45, 7) is 7.65.